The van der Waals surface area contributed by atoms with Crippen molar-refractivity contribution < 1.29 is 9.59 Å². The molecule has 3 amide bonds. The minimum absolute atomic E-state index is 0.0341. The first-order chi connectivity index (χ1) is 15.9. The average molecular weight is 465 g/mol. The van der Waals surface area contributed by atoms with Crippen molar-refractivity contribution in [2.45, 2.75) is 57.1 Å². The number of urea groups is 1. The Morgan fingerprint density at radius 1 is 1.06 bits per heavy atom. The van der Waals surface area contributed by atoms with E-state index in [1.54, 1.807) is 16.7 Å². The smallest absolute Gasteiger partial charge is 0.321 e. The quantitative estimate of drug-likeness (QED) is 0.435. The normalized spacial score (nSPS) is 14.2. The Kier molecular flexibility index (Phi) is 7.13. The number of imide groups is 1. The van der Waals surface area contributed by atoms with Crippen molar-refractivity contribution in [2.75, 3.05) is 5.75 Å². The number of hydrogen-bond donors (Lipinski definition) is 2. The number of rotatable bonds is 5. The summed E-state index contributed by atoms with van der Waals surface area (Å²) in [7, 11) is 0. The number of aryl methyl sites for hydroxylation is 2. The average Bonchev–Trinajstić information content (AvgIpc) is 2.77. The van der Waals surface area contributed by atoms with Crippen LogP contribution in [0.15, 0.2) is 52.4 Å². The van der Waals surface area contributed by atoms with Crippen molar-refractivity contribution in [3.63, 3.8) is 0 Å². The molecule has 3 aromatic rings. The fraction of sp³-hybridized carbons (Fsp3) is 0.360. The summed E-state index contributed by atoms with van der Waals surface area (Å²) in [5.74, 6) is -0.462. The van der Waals surface area contributed by atoms with Gasteiger partial charge in [-0.05, 0) is 62.1 Å². The van der Waals surface area contributed by atoms with Crippen molar-refractivity contribution in [3.05, 3.63) is 63.9 Å². The highest BCUT2D eigenvalue weighted by molar-refractivity contribution is 7.99. The first-order valence-electron chi connectivity index (χ1n) is 11.2. The zero-order valence-electron chi connectivity index (χ0n) is 18.9. The lowest BCUT2D eigenvalue weighted by Crippen LogP contribution is -2.45. The number of carbonyl (C=O) groups excluding carboxylic acids is 2. The maximum absolute atomic E-state index is 13.4. The van der Waals surface area contributed by atoms with Crippen molar-refractivity contribution in [3.8, 4) is 5.69 Å². The molecule has 4 rings (SSSR count). The van der Waals surface area contributed by atoms with Crippen molar-refractivity contribution >= 4 is 34.6 Å². The topological polar surface area (TPSA) is 93.1 Å². The maximum Gasteiger partial charge on any atom is 0.321 e. The predicted octanol–water partition coefficient (Wildman–Crippen LogP) is 4.25. The molecule has 172 valence electrons. The third-order valence-corrected chi connectivity index (χ3v) is 6.67. The number of aromatic nitrogens is 2. The summed E-state index contributed by atoms with van der Waals surface area (Å²) in [5.41, 5.74) is 3.13. The fourth-order valence-corrected chi connectivity index (χ4v) is 5.09. The van der Waals surface area contributed by atoms with Gasteiger partial charge in [-0.3, -0.25) is 19.5 Å². The van der Waals surface area contributed by atoms with Crippen LogP contribution in [-0.2, 0) is 4.79 Å². The molecule has 7 nitrogen and oxygen atoms in total. The monoisotopic (exact) mass is 464 g/mol. The first-order valence-corrected chi connectivity index (χ1v) is 12.2. The molecule has 0 atom stereocenters. The summed E-state index contributed by atoms with van der Waals surface area (Å²) in [6, 6.07) is 12.7. The molecule has 8 heteroatoms. The number of nitrogens with one attached hydrogen (secondary N) is 2. The van der Waals surface area contributed by atoms with Gasteiger partial charge in [0.2, 0.25) is 5.91 Å². The largest absolute Gasteiger partial charge is 0.335 e. The molecule has 1 aliphatic carbocycles. The first kappa shape index (κ1) is 23.0. The van der Waals surface area contributed by atoms with Crippen LogP contribution in [0.3, 0.4) is 0 Å². The SMILES string of the molecule is Cc1cc(C)cc(-n2c(SCC(=O)NC(=O)NC3CCCCC3)nc3ccccc3c2=O)c1. The number of thioether (sulfide) groups is 1. The van der Waals surface area contributed by atoms with Crippen molar-refractivity contribution in [1.29, 1.82) is 0 Å². The Hall–Kier alpha value is -3.13. The lowest BCUT2D eigenvalue weighted by atomic mass is 9.96. The molecule has 0 saturated heterocycles. The zero-order valence-corrected chi connectivity index (χ0v) is 19.7. The minimum Gasteiger partial charge on any atom is -0.335 e. The van der Waals surface area contributed by atoms with E-state index >= 15 is 0 Å². The molecule has 0 radical (unpaired) electrons. The summed E-state index contributed by atoms with van der Waals surface area (Å²) in [6.07, 6.45) is 5.27. The van der Waals surface area contributed by atoms with Crippen LogP contribution in [0, 0.1) is 13.8 Å². The van der Waals surface area contributed by atoms with E-state index in [1.807, 2.05) is 44.2 Å². The Morgan fingerprint density at radius 3 is 2.48 bits per heavy atom. The van der Waals surface area contributed by atoms with Gasteiger partial charge in [-0.2, -0.15) is 0 Å². The van der Waals surface area contributed by atoms with Gasteiger partial charge in [0.25, 0.3) is 5.56 Å². The van der Waals surface area contributed by atoms with Crippen LogP contribution in [0.4, 0.5) is 4.79 Å². The van der Waals surface area contributed by atoms with Gasteiger partial charge < -0.3 is 5.32 Å². The van der Waals surface area contributed by atoms with Gasteiger partial charge in [0.15, 0.2) is 5.16 Å². The van der Waals surface area contributed by atoms with Crippen LogP contribution in [0.5, 0.6) is 0 Å². The molecule has 33 heavy (non-hydrogen) atoms. The molecule has 0 bridgehead atoms. The van der Waals surface area contributed by atoms with Crippen LogP contribution in [0.2, 0.25) is 0 Å². The van der Waals surface area contributed by atoms with E-state index in [0.717, 1.165) is 48.6 Å². The molecular formula is C25H28N4O3S. The summed E-state index contributed by atoms with van der Waals surface area (Å²) in [6.45, 7) is 3.95. The molecule has 1 fully saturated rings. The van der Waals surface area contributed by atoms with Gasteiger partial charge in [-0.25, -0.2) is 9.78 Å². The summed E-state index contributed by atoms with van der Waals surface area (Å²) in [5, 5.41) is 6.20. The number of carbonyl (C=O) groups is 2. The van der Waals surface area contributed by atoms with Crippen molar-refractivity contribution in [1.82, 2.24) is 20.2 Å². The Balaban J connectivity index is 1.55. The second kappa shape index (κ2) is 10.2. The summed E-state index contributed by atoms with van der Waals surface area (Å²) < 4.78 is 1.54. The molecule has 2 N–H and O–H groups in total. The maximum atomic E-state index is 13.4. The van der Waals surface area contributed by atoms with E-state index in [4.69, 9.17) is 0 Å². The standard InChI is InChI=1S/C25H28N4O3S/c1-16-12-17(2)14-19(13-16)29-23(31)20-10-6-7-11-21(20)27-25(29)33-15-22(30)28-24(32)26-18-8-4-3-5-9-18/h6-7,10-14,18H,3-5,8-9,15H2,1-2H3,(H2,26,28,30,32). The van der Waals surface area contributed by atoms with E-state index in [9.17, 15) is 14.4 Å². The highest BCUT2D eigenvalue weighted by Crippen LogP contribution is 2.23. The van der Waals surface area contributed by atoms with Crippen LogP contribution in [-0.4, -0.2) is 33.3 Å². The third kappa shape index (κ3) is 5.63. The second-order valence-corrected chi connectivity index (χ2v) is 9.49. The van der Waals surface area contributed by atoms with Crippen molar-refractivity contribution in [2.24, 2.45) is 0 Å². The van der Waals surface area contributed by atoms with Crippen LogP contribution in [0.25, 0.3) is 16.6 Å². The van der Waals surface area contributed by atoms with E-state index in [2.05, 4.69) is 15.6 Å². The fourth-order valence-electron chi connectivity index (χ4n) is 4.28. The molecule has 1 saturated carbocycles. The second-order valence-electron chi connectivity index (χ2n) is 8.54. The molecule has 0 aliphatic heterocycles. The lowest BCUT2D eigenvalue weighted by Gasteiger charge is -2.22. The number of hydrogen-bond acceptors (Lipinski definition) is 5. The molecule has 2 aromatic carbocycles. The Morgan fingerprint density at radius 2 is 1.76 bits per heavy atom. The minimum atomic E-state index is -0.467. The van der Waals surface area contributed by atoms with Gasteiger partial charge in [0, 0.05) is 6.04 Å². The third-order valence-electron chi connectivity index (χ3n) is 5.74. The number of amides is 3. The van der Waals surface area contributed by atoms with E-state index in [-0.39, 0.29) is 17.4 Å². The Labute approximate surface area is 197 Å². The Bertz CT molecular complexity index is 1230. The zero-order chi connectivity index (χ0) is 23.4. The molecule has 0 spiro atoms. The number of nitrogens with zero attached hydrogens (tertiary/aromatic N) is 2. The highest BCUT2D eigenvalue weighted by atomic mass is 32.2. The molecular weight excluding hydrogens is 436 g/mol. The molecule has 1 heterocycles. The highest BCUT2D eigenvalue weighted by Gasteiger charge is 2.19. The van der Waals surface area contributed by atoms with E-state index in [0.29, 0.717) is 21.7 Å². The van der Waals surface area contributed by atoms with E-state index < -0.39 is 11.9 Å². The van der Waals surface area contributed by atoms with Crippen LogP contribution < -0.4 is 16.2 Å². The number of fused-ring (bicyclic) bond motifs is 1. The van der Waals surface area contributed by atoms with Gasteiger partial charge in [-0.1, -0.05) is 49.2 Å². The molecule has 1 aliphatic rings. The van der Waals surface area contributed by atoms with Gasteiger partial charge in [-0.15, -0.1) is 0 Å². The number of benzene rings is 2. The lowest BCUT2D eigenvalue weighted by molar-refractivity contribution is -0.117. The van der Waals surface area contributed by atoms with Gasteiger partial charge >= 0.3 is 6.03 Å². The number of para-hydroxylation sites is 1. The van der Waals surface area contributed by atoms with Crippen LogP contribution in [0.1, 0.15) is 43.2 Å². The molecule has 0 unspecified atom stereocenters. The van der Waals surface area contributed by atoms with Gasteiger partial charge in [0.05, 0.1) is 22.3 Å². The summed E-state index contributed by atoms with van der Waals surface area (Å²) in [4.78, 5) is 42.7. The molecule has 1 aromatic heterocycles. The van der Waals surface area contributed by atoms with E-state index in [1.165, 1.54) is 6.42 Å². The van der Waals surface area contributed by atoms with Crippen LogP contribution >= 0.6 is 11.8 Å². The predicted molar refractivity (Wildman–Crippen MR) is 131 cm³/mol. The van der Waals surface area contributed by atoms with Gasteiger partial charge in [0.1, 0.15) is 0 Å². The summed E-state index contributed by atoms with van der Waals surface area (Å²) >= 11 is 1.14.